The number of halogens is 1. The molecule has 0 saturated heterocycles. The van der Waals surface area contributed by atoms with E-state index in [0.29, 0.717) is 28.9 Å². The van der Waals surface area contributed by atoms with Gasteiger partial charge in [-0.25, -0.2) is 0 Å². The smallest absolute Gasteiger partial charge is 0.251 e. The average molecular weight is 375 g/mol. The van der Waals surface area contributed by atoms with Gasteiger partial charge in [-0.2, -0.15) is 5.10 Å². The van der Waals surface area contributed by atoms with Crippen LogP contribution in [0.4, 0.5) is 5.69 Å². The highest BCUT2D eigenvalue weighted by atomic mass is 35.5. The number of hydrogen-bond donors (Lipinski definition) is 2. The van der Waals surface area contributed by atoms with Gasteiger partial charge in [-0.15, -0.1) is 0 Å². The first-order valence-corrected chi connectivity index (χ1v) is 8.73. The molecule has 138 valence electrons. The lowest BCUT2D eigenvalue weighted by molar-refractivity contribution is -0.111. The highest BCUT2D eigenvalue weighted by Crippen LogP contribution is 2.22. The summed E-state index contributed by atoms with van der Waals surface area (Å²) in [5, 5.41) is 10.2. The molecule has 1 aromatic carbocycles. The van der Waals surface area contributed by atoms with E-state index in [2.05, 4.69) is 29.6 Å². The molecule has 0 bridgehead atoms. The molecule has 1 aromatic heterocycles. The van der Waals surface area contributed by atoms with Crippen LogP contribution in [0.3, 0.4) is 0 Å². The number of carbonyl (C=O) groups excluding carboxylic acids is 2. The molecule has 0 aliphatic carbocycles. The predicted octanol–water partition coefficient (Wildman–Crippen LogP) is 3.51. The Morgan fingerprint density at radius 1 is 1.35 bits per heavy atom. The SMILES string of the molecule is CNC(=O)c1cccc(NC(=O)C=Cc2c(C)nn(CC(C)C)c2Cl)c1. The lowest BCUT2D eigenvalue weighted by atomic mass is 10.2. The molecule has 6 nitrogen and oxygen atoms in total. The van der Waals surface area contributed by atoms with E-state index in [0.717, 1.165) is 11.3 Å². The fourth-order valence-electron chi connectivity index (χ4n) is 2.45. The van der Waals surface area contributed by atoms with Gasteiger partial charge in [0.1, 0.15) is 5.15 Å². The van der Waals surface area contributed by atoms with E-state index in [1.54, 1.807) is 42.1 Å². The summed E-state index contributed by atoms with van der Waals surface area (Å²) in [5.41, 5.74) is 2.50. The molecule has 1 heterocycles. The summed E-state index contributed by atoms with van der Waals surface area (Å²) in [6.45, 7) is 6.74. The van der Waals surface area contributed by atoms with E-state index in [9.17, 15) is 9.59 Å². The van der Waals surface area contributed by atoms with Crippen molar-refractivity contribution in [3.05, 3.63) is 52.3 Å². The van der Waals surface area contributed by atoms with Crippen LogP contribution in [0, 0.1) is 12.8 Å². The minimum atomic E-state index is -0.314. The summed E-state index contributed by atoms with van der Waals surface area (Å²) in [5.74, 6) is -0.109. The molecule has 2 rings (SSSR count). The fraction of sp³-hybridized carbons (Fsp3) is 0.316. The zero-order chi connectivity index (χ0) is 19.3. The highest BCUT2D eigenvalue weighted by Gasteiger charge is 2.12. The third-order valence-electron chi connectivity index (χ3n) is 3.67. The van der Waals surface area contributed by atoms with Crippen LogP contribution in [0.2, 0.25) is 5.15 Å². The van der Waals surface area contributed by atoms with Crippen LogP contribution in [0.1, 0.15) is 35.5 Å². The largest absolute Gasteiger partial charge is 0.355 e. The van der Waals surface area contributed by atoms with E-state index in [-0.39, 0.29) is 11.8 Å². The summed E-state index contributed by atoms with van der Waals surface area (Å²) < 4.78 is 1.74. The summed E-state index contributed by atoms with van der Waals surface area (Å²) in [4.78, 5) is 23.8. The first-order valence-electron chi connectivity index (χ1n) is 8.36. The van der Waals surface area contributed by atoms with Gasteiger partial charge in [-0.05, 0) is 37.1 Å². The van der Waals surface area contributed by atoms with Crippen molar-refractivity contribution in [2.24, 2.45) is 5.92 Å². The van der Waals surface area contributed by atoms with Crippen molar-refractivity contribution in [3.8, 4) is 0 Å². The first kappa shape index (κ1) is 19.7. The Bertz CT molecular complexity index is 840. The van der Waals surface area contributed by atoms with Gasteiger partial charge >= 0.3 is 0 Å². The molecular weight excluding hydrogens is 352 g/mol. The van der Waals surface area contributed by atoms with Gasteiger partial charge in [-0.3, -0.25) is 14.3 Å². The Balaban J connectivity index is 2.11. The molecule has 7 heteroatoms. The van der Waals surface area contributed by atoms with Crippen LogP contribution in [-0.2, 0) is 11.3 Å². The number of nitrogens with one attached hydrogen (secondary N) is 2. The number of benzene rings is 1. The molecule has 2 aromatic rings. The lowest BCUT2D eigenvalue weighted by Crippen LogP contribution is -2.18. The molecule has 0 saturated carbocycles. The van der Waals surface area contributed by atoms with Crippen LogP contribution < -0.4 is 10.6 Å². The van der Waals surface area contributed by atoms with E-state index in [1.807, 2.05) is 6.92 Å². The zero-order valence-electron chi connectivity index (χ0n) is 15.3. The minimum Gasteiger partial charge on any atom is -0.355 e. The van der Waals surface area contributed by atoms with Gasteiger partial charge in [0.2, 0.25) is 5.91 Å². The summed E-state index contributed by atoms with van der Waals surface area (Å²) in [7, 11) is 1.56. The van der Waals surface area contributed by atoms with Crippen LogP contribution in [-0.4, -0.2) is 28.6 Å². The van der Waals surface area contributed by atoms with Gasteiger partial charge in [0.05, 0.1) is 5.69 Å². The molecule has 0 aliphatic rings. The first-order chi connectivity index (χ1) is 12.3. The van der Waals surface area contributed by atoms with Crippen LogP contribution in [0.15, 0.2) is 30.3 Å². The number of aryl methyl sites for hydroxylation is 1. The molecule has 0 spiro atoms. The summed E-state index contributed by atoms with van der Waals surface area (Å²) in [6, 6.07) is 6.72. The topological polar surface area (TPSA) is 76.0 Å². The lowest BCUT2D eigenvalue weighted by Gasteiger charge is -2.06. The molecule has 0 unspecified atom stereocenters. The molecule has 26 heavy (non-hydrogen) atoms. The third-order valence-corrected chi connectivity index (χ3v) is 4.07. The van der Waals surface area contributed by atoms with E-state index < -0.39 is 0 Å². The molecule has 0 fully saturated rings. The predicted molar refractivity (Wildman–Crippen MR) is 104 cm³/mol. The standard InChI is InChI=1S/C19H23ClN4O2/c1-12(2)11-24-18(20)16(13(3)23-24)8-9-17(25)22-15-7-5-6-14(10-15)19(26)21-4/h5-10,12H,11H2,1-4H3,(H,21,26)(H,22,25). The average Bonchev–Trinajstić information content (AvgIpc) is 2.85. The minimum absolute atomic E-state index is 0.211. The zero-order valence-corrected chi connectivity index (χ0v) is 16.1. The Morgan fingerprint density at radius 2 is 2.08 bits per heavy atom. The van der Waals surface area contributed by atoms with Gasteiger partial charge in [0.25, 0.3) is 5.91 Å². The molecule has 0 aliphatic heterocycles. The van der Waals surface area contributed by atoms with Crippen LogP contribution in [0.25, 0.3) is 6.08 Å². The Hall–Kier alpha value is -2.60. The maximum absolute atomic E-state index is 12.2. The van der Waals surface area contributed by atoms with Crippen molar-refractivity contribution in [1.82, 2.24) is 15.1 Å². The van der Waals surface area contributed by atoms with Gasteiger partial charge in [0, 0.05) is 36.5 Å². The Morgan fingerprint density at radius 3 is 2.73 bits per heavy atom. The van der Waals surface area contributed by atoms with Gasteiger partial charge in [0.15, 0.2) is 0 Å². The van der Waals surface area contributed by atoms with Crippen LogP contribution >= 0.6 is 11.6 Å². The molecular formula is C19H23ClN4O2. The fourth-order valence-corrected chi connectivity index (χ4v) is 2.76. The number of carbonyl (C=O) groups is 2. The number of amides is 2. The van der Waals surface area contributed by atoms with Crippen molar-refractivity contribution in [3.63, 3.8) is 0 Å². The van der Waals surface area contributed by atoms with Crippen LogP contribution in [0.5, 0.6) is 0 Å². The van der Waals surface area contributed by atoms with Crippen molar-refractivity contribution in [2.75, 3.05) is 12.4 Å². The molecule has 0 atom stereocenters. The number of rotatable bonds is 6. The maximum atomic E-state index is 12.2. The molecule has 2 amide bonds. The van der Waals surface area contributed by atoms with E-state index >= 15 is 0 Å². The highest BCUT2D eigenvalue weighted by molar-refractivity contribution is 6.31. The normalized spacial score (nSPS) is 11.2. The second-order valence-electron chi connectivity index (χ2n) is 6.35. The second kappa shape index (κ2) is 8.67. The summed E-state index contributed by atoms with van der Waals surface area (Å²) in [6.07, 6.45) is 3.06. The number of hydrogen-bond acceptors (Lipinski definition) is 3. The van der Waals surface area contributed by atoms with Crippen molar-refractivity contribution in [2.45, 2.75) is 27.3 Å². The molecule has 2 N–H and O–H groups in total. The number of nitrogens with zero attached hydrogens (tertiary/aromatic N) is 2. The van der Waals surface area contributed by atoms with E-state index in [4.69, 9.17) is 11.6 Å². The van der Waals surface area contributed by atoms with Gasteiger partial charge < -0.3 is 10.6 Å². The van der Waals surface area contributed by atoms with Crippen molar-refractivity contribution < 1.29 is 9.59 Å². The third kappa shape index (κ3) is 4.95. The Labute approximate surface area is 158 Å². The van der Waals surface area contributed by atoms with E-state index in [1.165, 1.54) is 6.08 Å². The monoisotopic (exact) mass is 374 g/mol. The quantitative estimate of drug-likeness (QED) is 0.759. The Kier molecular flexibility index (Phi) is 6.58. The number of anilines is 1. The molecule has 0 radical (unpaired) electrons. The van der Waals surface area contributed by atoms with Crippen molar-refractivity contribution >= 4 is 35.2 Å². The summed E-state index contributed by atoms with van der Waals surface area (Å²) >= 11 is 6.36. The van der Waals surface area contributed by atoms with Gasteiger partial charge in [-0.1, -0.05) is 31.5 Å². The number of aromatic nitrogens is 2. The maximum Gasteiger partial charge on any atom is 0.251 e. The second-order valence-corrected chi connectivity index (χ2v) is 6.71. The van der Waals surface area contributed by atoms with Crippen molar-refractivity contribution in [1.29, 1.82) is 0 Å².